The third-order valence-corrected chi connectivity index (χ3v) is 8.50. The normalized spacial score (nSPS) is 18.4. The lowest BCUT2D eigenvalue weighted by atomic mass is 9.71. The molecule has 0 unspecified atom stereocenters. The number of hydrogen-bond donors (Lipinski definition) is 1. The molecule has 2 aromatic carbocycles. The number of amides is 2. The van der Waals surface area contributed by atoms with Crippen LogP contribution in [0.5, 0.6) is 11.5 Å². The van der Waals surface area contributed by atoms with E-state index in [4.69, 9.17) is 16.3 Å². The highest BCUT2D eigenvalue weighted by Gasteiger charge is 2.38. The van der Waals surface area contributed by atoms with Gasteiger partial charge in [0.1, 0.15) is 11.5 Å². The quantitative estimate of drug-likeness (QED) is 0.387. The molecule has 3 aliphatic rings. The van der Waals surface area contributed by atoms with Gasteiger partial charge in [-0.3, -0.25) is 9.88 Å². The highest BCUT2D eigenvalue weighted by Crippen LogP contribution is 2.41. The fraction of sp³-hybridized carbons (Fsp3) is 0.355. The molecule has 3 aromatic rings. The smallest absolute Gasteiger partial charge is 0.321 e. The van der Waals surface area contributed by atoms with Crippen LogP contribution in [0.25, 0.3) is 6.08 Å². The fourth-order valence-corrected chi connectivity index (χ4v) is 5.99. The molecule has 2 aliphatic heterocycles. The van der Waals surface area contributed by atoms with E-state index >= 15 is 0 Å². The zero-order valence-corrected chi connectivity index (χ0v) is 22.3. The van der Waals surface area contributed by atoms with Crippen LogP contribution in [0.2, 0.25) is 5.02 Å². The Morgan fingerprint density at radius 2 is 1.74 bits per heavy atom. The zero-order chi connectivity index (χ0) is 26.0. The molecule has 38 heavy (non-hydrogen) atoms. The number of ether oxygens (including phenoxy) is 1. The number of hydrogen-bond acceptors (Lipinski definition) is 4. The molecule has 0 bridgehead atoms. The number of anilines is 1. The Bertz CT molecular complexity index is 1320. The van der Waals surface area contributed by atoms with Crippen molar-refractivity contribution in [1.29, 1.82) is 0 Å². The second-order valence-corrected chi connectivity index (χ2v) is 11.2. The van der Waals surface area contributed by atoms with E-state index in [2.05, 4.69) is 45.6 Å². The van der Waals surface area contributed by atoms with E-state index in [0.29, 0.717) is 10.4 Å². The Hall–Kier alpha value is -3.35. The van der Waals surface area contributed by atoms with Gasteiger partial charge in [0.05, 0.1) is 17.6 Å². The van der Waals surface area contributed by atoms with Crippen LogP contribution in [0.3, 0.4) is 0 Å². The molecule has 0 saturated carbocycles. The van der Waals surface area contributed by atoms with Crippen LogP contribution in [-0.4, -0.2) is 47.0 Å². The van der Waals surface area contributed by atoms with Gasteiger partial charge in [-0.15, -0.1) is 0 Å². The SMILES string of the molecule is O=C(Nc1cnc2c(c1)C=CC2)N1CCC2(CCN(Cc3cccc(Oc4ccc(Cl)cc4)c3)CC2)CC1. The zero-order valence-electron chi connectivity index (χ0n) is 21.5. The van der Waals surface area contributed by atoms with E-state index in [-0.39, 0.29) is 6.03 Å². The van der Waals surface area contributed by atoms with E-state index in [9.17, 15) is 4.79 Å². The lowest BCUT2D eigenvalue weighted by Gasteiger charge is -2.46. The number of aromatic nitrogens is 1. The number of carbonyl (C=O) groups excluding carboxylic acids is 1. The third kappa shape index (κ3) is 5.71. The number of halogens is 1. The summed E-state index contributed by atoms with van der Waals surface area (Å²) in [4.78, 5) is 21.9. The Balaban J connectivity index is 0.977. The topological polar surface area (TPSA) is 57.7 Å². The number of rotatable bonds is 5. The molecule has 6 rings (SSSR count). The maximum absolute atomic E-state index is 12.9. The van der Waals surface area contributed by atoms with Gasteiger partial charge < -0.3 is 15.0 Å². The highest BCUT2D eigenvalue weighted by molar-refractivity contribution is 6.30. The first-order valence-corrected chi connectivity index (χ1v) is 13.9. The first-order chi connectivity index (χ1) is 18.5. The van der Waals surface area contributed by atoms with E-state index in [1.807, 2.05) is 41.3 Å². The van der Waals surface area contributed by atoms with Crippen molar-refractivity contribution in [2.75, 3.05) is 31.5 Å². The summed E-state index contributed by atoms with van der Waals surface area (Å²) < 4.78 is 6.02. The molecule has 0 radical (unpaired) electrons. The minimum Gasteiger partial charge on any atom is -0.457 e. The van der Waals surface area contributed by atoms with Crippen molar-refractivity contribution in [1.82, 2.24) is 14.8 Å². The van der Waals surface area contributed by atoms with Crippen LogP contribution in [0, 0.1) is 5.41 Å². The Kier molecular flexibility index (Phi) is 7.09. The largest absolute Gasteiger partial charge is 0.457 e. The number of allylic oxidation sites excluding steroid dienone is 1. The second kappa shape index (κ2) is 10.8. The summed E-state index contributed by atoms with van der Waals surface area (Å²) >= 11 is 5.98. The number of pyridine rings is 1. The van der Waals surface area contributed by atoms with Gasteiger partial charge in [0.25, 0.3) is 0 Å². The number of urea groups is 1. The lowest BCUT2D eigenvalue weighted by molar-refractivity contribution is 0.0442. The summed E-state index contributed by atoms with van der Waals surface area (Å²) in [6, 6.07) is 17.8. The Labute approximate surface area is 229 Å². The summed E-state index contributed by atoms with van der Waals surface area (Å²) in [5, 5.41) is 3.76. The van der Waals surface area contributed by atoms with Crippen molar-refractivity contribution in [2.24, 2.45) is 5.41 Å². The van der Waals surface area contributed by atoms with Crippen LogP contribution in [0.1, 0.15) is 42.5 Å². The molecular weight excluding hydrogens is 496 g/mol. The average Bonchev–Trinajstić information content (AvgIpc) is 3.40. The van der Waals surface area contributed by atoms with E-state index < -0.39 is 0 Å². The van der Waals surface area contributed by atoms with Crippen molar-refractivity contribution >= 4 is 29.4 Å². The maximum atomic E-state index is 12.9. The number of nitrogens with zero attached hydrogens (tertiary/aromatic N) is 3. The number of carbonyl (C=O) groups is 1. The van der Waals surface area contributed by atoms with Gasteiger partial charge in [-0.05, 0) is 97.8 Å². The molecule has 2 amide bonds. The van der Waals surface area contributed by atoms with Gasteiger partial charge in [0.2, 0.25) is 0 Å². The van der Waals surface area contributed by atoms with E-state index in [1.165, 1.54) is 18.4 Å². The van der Waals surface area contributed by atoms with Gasteiger partial charge in [-0.1, -0.05) is 35.9 Å². The third-order valence-electron chi connectivity index (χ3n) is 8.25. The van der Waals surface area contributed by atoms with Crippen LogP contribution >= 0.6 is 11.6 Å². The van der Waals surface area contributed by atoms with Crippen LogP contribution < -0.4 is 10.1 Å². The van der Waals surface area contributed by atoms with Crippen LogP contribution in [0.15, 0.2) is 66.9 Å². The average molecular weight is 529 g/mol. The van der Waals surface area contributed by atoms with Gasteiger partial charge in [0.15, 0.2) is 0 Å². The van der Waals surface area contributed by atoms with Gasteiger partial charge in [0, 0.05) is 31.1 Å². The maximum Gasteiger partial charge on any atom is 0.321 e. The second-order valence-electron chi connectivity index (χ2n) is 10.8. The van der Waals surface area contributed by atoms with Gasteiger partial charge in [-0.25, -0.2) is 4.79 Å². The van der Waals surface area contributed by atoms with Gasteiger partial charge in [-0.2, -0.15) is 0 Å². The predicted octanol–water partition coefficient (Wildman–Crippen LogP) is 7.01. The standard InChI is InChI=1S/C31H33ClN4O2/c32-25-7-9-27(10-8-25)38-28-5-1-3-23(19-28)22-35-15-11-31(12-16-35)13-17-36(18-14-31)30(37)34-26-20-24-4-2-6-29(24)33-21-26/h1-5,7-10,19-21H,6,11-18,22H2,(H,34,37). The fourth-order valence-electron chi connectivity index (χ4n) is 5.87. The number of nitrogens with one attached hydrogen (secondary N) is 1. The van der Waals surface area contributed by atoms with E-state index in [1.54, 1.807) is 6.20 Å². The molecule has 1 spiro atoms. The Morgan fingerprint density at radius 1 is 0.974 bits per heavy atom. The summed E-state index contributed by atoms with van der Waals surface area (Å²) in [6.45, 7) is 4.72. The Morgan fingerprint density at radius 3 is 2.53 bits per heavy atom. The molecule has 2 fully saturated rings. The summed E-state index contributed by atoms with van der Waals surface area (Å²) in [5.41, 5.74) is 4.57. The molecule has 6 nitrogen and oxygen atoms in total. The minimum absolute atomic E-state index is 0.0123. The summed E-state index contributed by atoms with van der Waals surface area (Å²) in [7, 11) is 0. The van der Waals surface area contributed by atoms with Crippen molar-refractivity contribution in [3.63, 3.8) is 0 Å². The molecule has 1 aliphatic carbocycles. The molecule has 2 saturated heterocycles. The molecular formula is C31H33ClN4O2. The van der Waals surface area contributed by atoms with Gasteiger partial charge >= 0.3 is 6.03 Å². The molecule has 196 valence electrons. The molecule has 3 heterocycles. The van der Waals surface area contributed by atoms with Crippen molar-refractivity contribution in [3.8, 4) is 11.5 Å². The summed E-state index contributed by atoms with van der Waals surface area (Å²) in [5.74, 6) is 1.63. The monoisotopic (exact) mass is 528 g/mol. The number of likely N-dealkylation sites (tertiary alicyclic amines) is 2. The number of fused-ring (bicyclic) bond motifs is 1. The molecule has 0 atom stereocenters. The lowest BCUT2D eigenvalue weighted by Crippen LogP contribution is -2.49. The first-order valence-electron chi connectivity index (χ1n) is 13.5. The number of benzene rings is 2. The summed E-state index contributed by atoms with van der Waals surface area (Å²) in [6.07, 6.45) is 11.3. The minimum atomic E-state index is -0.0123. The van der Waals surface area contributed by atoms with Crippen molar-refractivity contribution in [3.05, 3.63) is 88.7 Å². The number of piperidine rings is 2. The first kappa shape index (κ1) is 25.0. The molecule has 1 aromatic heterocycles. The highest BCUT2D eigenvalue weighted by atomic mass is 35.5. The van der Waals surface area contributed by atoms with Crippen molar-refractivity contribution < 1.29 is 9.53 Å². The van der Waals surface area contributed by atoms with E-state index in [0.717, 1.165) is 80.4 Å². The molecule has 1 N–H and O–H groups in total. The van der Waals surface area contributed by atoms with Crippen LogP contribution in [-0.2, 0) is 13.0 Å². The molecule has 7 heteroatoms. The van der Waals surface area contributed by atoms with Crippen LogP contribution in [0.4, 0.5) is 10.5 Å². The van der Waals surface area contributed by atoms with Crippen molar-refractivity contribution in [2.45, 2.75) is 38.6 Å². The predicted molar refractivity (Wildman–Crippen MR) is 152 cm³/mol.